The Labute approximate surface area is 118 Å². The Hall–Kier alpha value is -2.17. The maximum Gasteiger partial charge on any atom is 0.242 e. The molecule has 0 aromatic heterocycles. The summed E-state index contributed by atoms with van der Waals surface area (Å²) < 4.78 is 12.9. The number of hydrogen-bond donors (Lipinski definition) is 1. The van der Waals surface area contributed by atoms with Crippen LogP contribution in [0.15, 0.2) is 36.9 Å². The van der Waals surface area contributed by atoms with Crippen molar-refractivity contribution in [1.29, 1.82) is 0 Å². The molecule has 1 aromatic carbocycles. The molecule has 0 spiro atoms. The first-order chi connectivity index (χ1) is 9.45. The van der Waals surface area contributed by atoms with Crippen molar-refractivity contribution in [3.05, 3.63) is 48.3 Å². The summed E-state index contributed by atoms with van der Waals surface area (Å²) in [7, 11) is 0. The maximum atomic E-state index is 12.9. The van der Waals surface area contributed by atoms with Crippen molar-refractivity contribution in [2.45, 2.75) is 26.4 Å². The van der Waals surface area contributed by atoms with E-state index in [1.54, 1.807) is 25.1 Å². The van der Waals surface area contributed by atoms with Crippen LogP contribution >= 0.6 is 0 Å². The number of hydrogen-bond acceptors (Lipinski definition) is 2. The van der Waals surface area contributed by atoms with Crippen LogP contribution in [0.4, 0.5) is 4.39 Å². The molecule has 1 aromatic rings. The number of carbonyl (C=O) groups excluding carboxylic acids is 2. The molecule has 0 heterocycles. The molecule has 0 bridgehead atoms. The first-order valence-corrected chi connectivity index (χ1v) is 6.36. The largest absolute Gasteiger partial charge is 0.351 e. The Morgan fingerprint density at radius 2 is 2.00 bits per heavy atom. The summed E-state index contributed by atoms with van der Waals surface area (Å²) in [5, 5.41) is 2.65. The number of rotatable bonds is 6. The third kappa shape index (κ3) is 4.50. The van der Waals surface area contributed by atoms with Gasteiger partial charge in [0.05, 0.1) is 0 Å². The van der Waals surface area contributed by atoms with Crippen LogP contribution in [0.25, 0.3) is 0 Å². The number of nitrogens with zero attached hydrogens (tertiary/aromatic N) is 1. The molecular weight excluding hydrogens is 259 g/mol. The highest BCUT2D eigenvalue weighted by molar-refractivity contribution is 5.86. The molecule has 0 aliphatic carbocycles. The molecule has 0 fully saturated rings. The van der Waals surface area contributed by atoms with Crippen molar-refractivity contribution in [3.8, 4) is 0 Å². The standard InChI is InChI=1S/C15H19FN2O2/c1-4-9-17-15(20)11(2)18(12(3)19)10-13-5-7-14(16)8-6-13/h4-8,11H,1,9-10H2,2-3H3,(H,17,20). The molecule has 1 rings (SSSR count). The fraction of sp³-hybridized carbons (Fsp3) is 0.333. The third-order valence-corrected chi connectivity index (χ3v) is 2.94. The summed E-state index contributed by atoms with van der Waals surface area (Å²) >= 11 is 0. The summed E-state index contributed by atoms with van der Waals surface area (Å²) in [6.07, 6.45) is 1.57. The van der Waals surface area contributed by atoms with Crippen LogP contribution < -0.4 is 5.32 Å². The molecule has 0 radical (unpaired) electrons. The zero-order valence-electron chi connectivity index (χ0n) is 11.7. The average molecular weight is 278 g/mol. The van der Waals surface area contributed by atoms with Crippen molar-refractivity contribution >= 4 is 11.8 Å². The van der Waals surface area contributed by atoms with E-state index in [0.29, 0.717) is 6.54 Å². The molecule has 0 aliphatic heterocycles. The van der Waals surface area contributed by atoms with Gasteiger partial charge in [0.2, 0.25) is 11.8 Å². The second kappa shape index (κ2) is 7.43. The van der Waals surface area contributed by atoms with Gasteiger partial charge in [0.25, 0.3) is 0 Å². The quantitative estimate of drug-likeness (QED) is 0.808. The Balaban J connectivity index is 2.78. The molecule has 20 heavy (non-hydrogen) atoms. The lowest BCUT2D eigenvalue weighted by Gasteiger charge is -2.27. The van der Waals surface area contributed by atoms with Crippen molar-refractivity contribution in [2.75, 3.05) is 6.54 Å². The van der Waals surface area contributed by atoms with Gasteiger partial charge in [-0.2, -0.15) is 0 Å². The summed E-state index contributed by atoms with van der Waals surface area (Å²) in [6, 6.07) is 5.25. The van der Waals surface area contributed by atoms with Gasteiger partial charge in [0, 0.05) is 20.0 Å². The van der Waals surface area contributed by atoms with E-state index in [1.807, 2.05) is 0 Å². The zero-order chi connectivity index (χ0) is 15.1. The van der Waals surface area contributed by atoms with Gasteiger partial charge >= 0.3 is 0 Å². The van der Waals surface area contributed by atoms with E-state index in [-0.39, 0.29) is 24.2 Å². The molecule has 108 valence electrons. The van der Waals surface area contributed by atoms with Crippen molar-refractivity contribution < 1.29 is 14.0 Å². The average Bonchev–Trinajstić information content (AvgIpc) is 2.43. The van der Waals surface area contributed by atoms with E-state index in [2.05, 4.69) is 11.9 Å². The van der Waals surface area contributed by atoms with Crippen LogP contribution in [-0.2, 0) is 16.1 Å². The molecular formula is C15H19FN2O2. The fourth-order valence-electron chi connectivity index (χ4n) is 1.77. The van der Waals surface area contributed by atoms with Gasteiger partial charge in [-0.25, -0.2) is 4.39 Å². The summed E-state index contributed by atoms with van der Waals surface area (Å²) in [5.74, 6) is -0.794. The van der Waals surface area contributed by atoms with Crippen molar-refractivity contribution in [1.82, 2.24) is 10.2 Å². The van der Waals surface area contributed by atoms with Gasteiger partial charge in [-0.15, -0.1) is 6.58 Å². The van der Waals surface area contributed by atoms with Crippen LogP contribution in [0, 0.1) is 5.82 Å². The summed E-state index contributed by atoms with van der Waals surface area (Å²) in [6.45, 7) is 7.19. The second-order valence-corrected chi connectivity index (χ2v) is 4.48. The molecule has 0 saturated carbocycles. The second-order valence-electron chi connectivity index (χ2n) is 4.48. The lowest BCUT2D eigenvalue weighted by molar-refractivity contribution is -0.138. The van der Waals surface area contributed by atoms with E-state index in [9.17, 15) is 14.0 Å². The maximum absolute atomic E-state index is 12.9. The summed E-state index contributed by atoms with van der Waals surface area (Å²) in [5.41, 5.74) is 0.768. The minimum absolute atomic E-state index is 0.212. The lowest BCUT2D eigenvalue weighted by atomic mass is 10.1. The fourth-order valence-corrected chi connectivity index (χ4v) is 1.77. The molecule has 1 atom stereocenters. The molecule has 1 N–H and O–H groups in total. The van der Waals surface area contributed by atoms with E-state index < -0.39 is 6.04 Å². The Morgan fingerprint density at radius 1 is 1.40 bits per heavy atom. The van der Waals surface area contributed by atoms with Gasteiger partial charge in [-0.3, -0.25) is 9.59 Å². The highest BCUT2D eigenvalue weighted by Crippen LogP contribution is 2.10. The molecule has 1 unspecified atom stereocenters. The molecule has 4 nitrogen and oxygen atoms in total. The topological polar surface area (TPSA) is 49.4 Å². The van der Waals surface area contributed by atoms with Crippen LogP contribution in [0.3, 0.4) is 0 Å². The Morgan fingerprint density at radius 3 is 2.50 bits per heavy atom. The van der Waals surface area contributed by atoms with E-state index in [4.69, 9.17) is 0 Å². The van der Waals surface area contributed by atoms with E-state index >= 15 is 0 Å². The minimum Gasteiger partial charge on any atom is -0.351 e. The van der Waals surface area contributed by atoms with Crippen LogP contribution in [-0.4, -0.2) is 29.3 Å². The highest BCUT2D eigenvalue weighted by atomic mass is 19.1. The molecule has 2 amide bonds. The van der Waals surface area contributed by atoms with Crippen LogP contribution in [0.5, 0.6) is 0 Å². The van der Waals surface area contributed by atoms with Gasteiger partial charge in [0.15, 0.2) is 0 Å². The smallest absolute Gasteiger partial charge is 0.242 e. The molecule has 5 heteroatoms. The van der Waals surface area contributed by atoms with E-state index in [0.717, 1.165) is 5.56 Å². The predicted molar refractivity (Wildman–Crippen MR) is 75.3 cm³/mol. The SMILES string of the molecule is C=CCNC(=O)C(C)N(Cc1ccc(F)cc1)C(C)=O. The van der Waals surface area contributed by atoms with Crippen LogP contribution in [0.1, 0.15) is 19.4 Å². The number of carbonyl (C=O) groups is 2. The Kier molecular flexibility index (Phi) is 5.90. The lowest BCUT2D eigenvalue weighted by Crippen LogP contribution is -2.46. The third-order valence-electron chi connectivity index (χ3n) is 2.94. The number of amides is 2. The number of nitrogens with one attached hydrogen (secondary N) is 1. The van der Waals surface area contributed by atoms with Crippen molar-refractivity contribution in [3.63, 3.8) is 0 Å². The van der Waals surface area contributed by atoms with Crippen molar-refractivity contribution in [2.24, 2.45) is 0 Å². The van der Waals surface area contributed by atoms with Gasteiger partial charge < -0.3 is 10.2 Å². The van der Waals surface area contributed by atoms with Gasteiger partial charge in [-0.05, 0) is 24.6 Å². The first kappa shape index (κ1) is 15.9. The number of benzene rings is 1. The summed E-state index contributed by atoms with van der Waals surface area (Å²) in [4.78, 5) is 25.0. The minimum atomic E-state index is -0.600. The normalized spacial score (nSPS) is 11.6. The monoisotopic (exact) mass is 278 g/mol. The van der Waals surface area contributed by atoms with E-state index in [1.165, 1.54) is 24.0 Å². The zero-order valence-corrected chi connectivity index (χ0v) is 11.7. The molecule has 0 aliphatic rings. The molecule has 0 saturated heterocycles. The number of halogens is 1. The first-order valence-electron chi connectivity index (χ1n) is 6.36. The van der Waals surface area contributed by atoms with Gasteiger partial charge in [0.1, 0.15) is 11.9 Å². The predicted octanol–water partition coefficient (Wildman–Crippen LogP) is 1.86. The van der Waals surface area contributed by atoms with Gasteiger partial charge in [-0.1, -0.05) is 18.2 Å². The highest BCUT2D eigenvalue weighted by Gasteiger charge is 2.23. The van der Waals surface area contributed by atoms with Crippen LogP contribution in [0.2, 0.25) is 0 Å². The Bertz CT molecular complexity index is 485.